The van der Waals surface area contributed by atoms with E-state index >= 15 is 0 Å². The van der Waals surface area contributed by atoms with Gasteiger partial charge < -0.3 is 15.7 Å². The summed E-state index contributed by atoms with van der Waals surface area (Å²) >= 11 is 2.76. The average Bonchev–Trinajstić information content (AvgIpc) is 2.81. The molecule has 3 N–H and O–H groups in total. The molecule has 0 saturated carbocycles. The number of nitrogens with one attached hydrogen (secondary N) is 2. The fourth-order valence-corrected chi connectivity index (χ4v) is 5.75. The number of urea groups is 1. The van der Waals surface area contributed by atoms with Crippen molar-refractivity contribution in [3.05, 3.63) is 65.6 Å². The first-order chi connectivity index (χ1) is 15.5. The number of carbonyl (C=O) groups excluding carboxylic acids is 2. The molecule has 3 amide bonds. The zero-order chi connectivity index (χ0) is 22.5. The molecule has 0 radical (unpaired) electrons. The zero-order valence-electron chi connectivity index (χ0n) is 16.9. The maximum atomic E-state index is 12.7. The first-order valence-electron chi connectivity index (χ1n) is 9.92. The van der Waals surface area contributed by atoms with E-state index in [0.717, 1.165) is 5.56 Å². The van der Waals surface area contributed by atoms with Gasteiger partial charge in [-0.3, -0.25) is 9.69 Å². The van der Waals surface area contributed by atoms with E-state index in [2.05, 4.69) is 20.6 Å². The lowest BCUT2D eigenvalue weighted by Crippen LogP contribution is -2.71. The quantitative estimate of drug-likeness (QED) is 0.302. The number of benzene rings is 1. The van der Waals surface area contributed by atoms with Gasteiger partial charge in [-0.25, -0.2) is 19.6 Å². The van der Waals surface area contributed by atoms with Crippen LogP contribution < -0.4 is 10.6 Å². The van der Waals surface area contributed by atoms with Gasteiger partial charge in [-0.1, -0.05) is 42.1 Å². The van der Waals surface area contributed by atoms with Crippen LogP contribution in [0.4, 0.5) is 4.79 Å². The van der Waals surface area contributed by atoms with Gasteiger partial charge in [-0.15, -0.1) is 11.8 Å². The summed E-state index contributed by atoms with van der Waals surface area (Å²) in [4.78, 5) is 46.4. The van der Waals surface area contributed by atoms with Crippen molar-refractivity contribution in [3.8, 4) is 0 Å². The second-order valence-corrected chi connectivity index (χ2v) is 9.15. The van der Waals surface area contributed by atoms with Gasteiger partial charge in [-0.2, -0.15) is 0 Å². The lowest BCUT2D eigenvalue weighted by Gasteiger charge is -2.49. The lowest BCUT2D eigenvalue weighted by atomic mass is 10.0. The second-order valence-electron chi connectivity index (χ2n) is 7.10. The molecule has 2 aliphatic heterocycles. The van der Waals surface area contributed by atoms with Crippen LogP contribution in [0.3, 0.4) is 0 Å². The van der Waals surface area contributed by atoms with Crippen molar-refractivity contribution >= 4 is 41.4 Å². The summed E-state index contributed by atoms with van der Waals surface area (Å²) in [5.41, 5.74) is 1.73. The zero-order valence-corrected chi connectivity index (χ0v) is 18.6. The number of hydrogen-bond acceptors (Lipinski definition) is 7. The fraction of sp³-hybridized carbons (Fsp3) is 0.286. The van der Waals surface area contributed by atoms with E-state index in [1.165, 1.54) is 28.4 Å². The van der Waals surface area contributed by atoms with Crippen LogP contribution >= 0.6 is 23.5 Å². The largest absolute Gasteiger partial charge is 0.477 e. The van der Waals surface area contributed by atoms with Crippen molar-refractivity contribution in [2.24, 2.45) is 0 Å². The summed E-state index contributed by atoms with van der Waals surface area (Å²) in [5, 5.41) is 15.3. The Morgan fingerprint density at radius 2 is 1.94 bits per heavy atom. The number of fused-ring (bicyclic) bond motifs is 1. The van der Waals surface area contributed by atoms with Gasteiger partial charge in [-0.05, 0) is 23.6 Å². The van der Waals surface area contributed by atoms with Gasteiger partial charge >= 0.3 is 12.0 Å². The lowest BCUT2D eigenvalue weighted by molar-refractivity contribution is -0.148. The molecular weight excluding hydrogens is 450 g/mol. The van der Waals surface area contributed by atoms with Crippen molar-refractivity contribution in [2.45, 2.75) is 23.0 Å². The molecule has 1 saturated heterocycles. The molecule has 1 unspecified atom stereocenters. The standard InChI is InChI=1S/C21H21N5O4S2/c27-17-15(25-20(30)22-10-7-13-5-2-1-3-6-13)18-26(17)16(19(28)29)14(11-31-18)12-32-21-23-8-4-9-24-21/h1-6,8-9,15,18H,7,10-12H2,(H,28,29)(H2,22,25,30)/t15?,18-/m1/s1. The first-order valence-corrected chi connectivity index (χ1v) is 12.0. The number of amides is 3. The molecule has 1 aromatic carbocycles. The highest BCUT2D eigenvalue weighted by atomic mass is 32.2. The number of thioether (sulfide) groups is 2. The fourth-order valence-electron chi connectivity index (χ4n) is 3.46. The monoisotopic (exact) mass is 471 g/mol. The van der Waals surface area contributed by atoms with E-state index in [4.69, 9.17) is 0 Å². The van der Waals surface area contributed by atoms with Crippen LogP contribution in [0.2, 0.25) is 0 Å². The van der Waals surface area contributed by atoms with E-state index in [1.807, 2.05) is 30.3 Å². The second kappa shape index (κ2) is 10.0. The molecule has 0 bridgehead atoms. The molecule has 2 aliphatic rings. The molecule has 9 nitrogen and oxygen atoms in total. The third kappa shape index (κ3) is 4.89. The van der Waals surface area contributed by atoms with Gasteiger partial charge in [0, 0.05) is 30.4 Å². The summed E-state index contributed by atoms with van der Waals surface area (Å²) in [7, 11) is 0. The van der Waals surface area contributed by atoms with Crippen LogP contribution in [0.15, 0.2) is 65.2 Å². The van der Waals surface area contributed by atoms with Crippen molar-refractivity contribution in [2.75, 3.05) is 18.1 Å². The van der Waals surface area contributed by atoms with Crippen molar-refractivity contribution in [1.82, 2.24) is 25.5 Å². The number of hydrogen-bond donors (Lipinski definition) is 3. The molecule has 4 rings (SSSR count). The first kappa shape index (κ1) is 22.2. The third-order valence-corrected chi connectivity index (χ3v) is 7.30. The van der Waals surface area contributed by atoms with E-state index in [-0.39, 0.29) is 5.70 Å². The minimum atomic E-state index is -1.15. The normalized spacial score (nSPS) is 19.8. The highest BCUT2D eigenvalue weighted by Gasteiger charge is 2.54. The predicted molar refractivity (Wildman–Crippen MR) is 121 cm³/mol. The maximum Gasteiger partial charge on any atom is 0.352 e. The summed E-state index contributed by atoms with van der Waals surface area (Å²) in [6.45, 7) is 0.432. The number of rotatable bonds is 8. The molecule has 2 aromatic rings. The number of carboxylic acids is 1. The van der Waals surface area contributed by atoms with Crippen LogP contribution in [-0.4, -0.2) is 67.3 Å². The van der Waals surface area contributed by atoms with Crippen molar-refractivity contribution < 1.29 is 19.5 Å². The van der Waals surface area contributed by atoms with Gasteiger partial charge in [0.05, 0.1) is 0 Å². The number of carbonyl (C=O) groups is 3. The van der Waals surface area contributed by atoms with E-state index < -0.39 is 29.3 Å². The SMILES string of the molecule is O=C(NCCc1ccccc1)NC1C(=O)N2C(C(=O)O)=C(CSc3ncccn3)CS[C@H]12. The third-order valence-electron chi connectivity index (χ3n) is 5.00. The molecule has 32 heavy (non-hydrogen) atoms. The smallest absolute Gasteiger partial charge is 0.352 e. The summed E-state index contributed by atoms with van der Waals surface area (Å²) < 4.78 is 0. The topological polar surface area (TPSA) is 125 Å². The Bertz CT molecular complexity index is 1040. The summed E-state index contributed by atoms with van der Waals surface area (Å²) in [6, 6.07) is 10.3. The summed E-state index contributed by atoms with van der Waals surface area (Å²) in [5.74, 6) is -0.757. The van der Waals surface area contributed by atoms with Gasteiger partial charge in [0.2, 0.25) is 0 Å². The van der Waals surface area contributed by atoms with Crippen molar-refractivity contribution in [3.63, 3.8) is 0 Å². The maximum absolute atomic E-state index is 12.7. The van der Waals surface area contributed by atoms with Gasteiger partial charge in [0.1, 0.15) is 17.1 Å². The van der Waals surface area contributed by atoms with Crippen LogP contribution in [0.25, 0.3) is 0 Å². The Kier molecular flexibility index (Phi) is 6.96. The van der Waals surface area contributed by atoms with E-state index in [0.29, 0.717) is 35.2 Å². The Hall–Kier alpha value is -3.05. The van der Waals surface area contributed by atoms with Gasteiger partial charge in [0.25, 0.3) is 5.91 Å². The molecule has 1 aromatic heterocycles. The number of β-lactam (4-membered cyclic amide) rings is 1. The predicted octanol–water partition coefficient (Wildman–Crippen LogP) is 1.73. The average molecular weight is 472 g/mol. The minimum Gasteiger partial charge on any atom is -0.477 e. The van der Waals surface area contributed by atoms with E-state index in [9.17, 15) is 19.5 Å². The Labute approximate surface area is 193 Å². The molecule has 1 fully saturated rings. The minimum absolute atomic E-state index is 0.00952. The molecule has 2 atom stereocenters. The number of aromatic nitrogens is 2. The Morgan fingerprint density at radius 3 is 2.66 bits per heavy atom. The number of nitrogens with zero attached hydrogens (tertiary/aromatic N) is 3. The van der Waals surface area contributed by atoms with Crippen LogP contribution in [0.1, 0.15) is 5.56 Å². The number of carboxylic acid groups (broad SMARTS) is 1. The Morgan fingerprint density at radius 1 is 1.19 bits per heavy atom. The highest BCUT2D eigenvalue weighted by Crippen LogP contribution is 2.41. The molecule has 3 heterocycles. The molecule has 166 valence electrons. The number of aliphatic carboxylic acids is 1. The van der Waals surface area contributed by atoms with Crippen LogP contribution in [0.5, 0.6) is 0 Å². The molecular formula is C21H21N5O4S2. The highest BCUT2D eigenvalue weighted by molar-refractivity contribution is 8.01. The van der Waals surface area contributed by atoms with Crippen molar-refractivity contribution in [1.29, 1.82) is 0 Å². The van der Waals surface area contributed by atoms with Gasteiger partial charge in [0.15, 0.2) is 5.16 Å². The molecule has 0 aliphatic carbocycles. The summed E-state index contributed by atoms with van der Waals surface area (Å²) in [6.07, 6.45) is 3.91. The van der Waals surface area contributed by atoms with Crippen LogP contribution in [0, 0.1) is 0 Å². The van der Waals surface area contributed by atoms with Crippen LogP contribution in [-0.2, 0) is 16.0 Å². The van der Waals surface area contributed by atoms with E-state index in [1.54, 1.807) is 18.5 Å². The molecule has 11 heteroatoms. The Balaban J connectivity index is 1.34. The molecule has 0 spiro atoms.